The first-order valence-corrected chi connectivity index (χ1v) is 21.0. The molecule has 5 N–H and O–H groups in total. The third-order valence-electron chi connectivity index (χ3n) is 11.8. The quantitative estimate of drug-likeness (QED) is 0.0807. The number of rotatable bonds is 12. The number of alkyl halides is 4. The highest BCUT2D eigenvalue weighted by Gasteiger charge is 2.38. The summed E-state index contributed by atoms with van der Waals surface area (Å²) in [5.41, 5.74) is 6.67. The lowest BCUT2D eigenvalue weighted by Gasteiger charge is -2.37. The van der Waals surface area contributed by atoms with Gasteiger partial charge in [-0.1, -0.05) is 77.9 Å². The van der Waals surface area contributed by atoms with E-state index in [0.717, 1.165) is 82.4 Å². The highest BCUT2D eigenvalue weighted by atomic mass is 19.3. The summed E-state index contributed by atoms with van der Waals surface area (Å²) in [5.74, 6) is -8.48. The molecule has 9 nitrogen and oxygen atoms in total. The Hall–Kier alpha value is -4.75. The number of fused-ring (bicyclic) bond motifs is 2. The Balaban J connectivity index is 0.000000233. The number of nitrogens with two attached hydrogens (primary N) is 1. The monoisotopic (exact) mass is 854 g/mol. The molecule has 0 aliphatic heterocycles. The summed E-state index contributed by atoms with van der Waals surface area (Å²) in [6.07, 6.45) is 10.8. The van der Waals surface area contributed by atoms with Gasteiger partial charge in [0.2, 0.25) is 0 Å². The number of halogens is 4. The number of hydrogen-bond donors (Lipinski definition) is 4. The lowest BCUT2D eigenvalue weighted by atomic mass is 9.72. The van der Waals surface area contributed by atoms with Crippen LogP contribution in [-0.2, 0) is 16.1 Å². The largest absolute Gasteiger partial charge is 0.490 e. The molecule has 0 bridgehead atoms. The molecule has 0 heterocycles. The summed E-state index contributed by atoms with van der Waals surface area (Å²) >= 11 is 0. The molecule has 2 aliphatic carbocycles. The maximum atomic E-state index is 13.1. The molecule has 2 saturated carbocycles. The van der Waals surface area contributed by atoms with Crippen molar-refractivity contribution < 1.29 is 51.6 Å². The van der Waals surface area contributed by atoms with Crippen LogP contribution >= 0.6 is 0 Å². The molecule has 0 amide bonds. The van der Waals surface area contributed by atoms with Crippen LogP contribution in [0.3, 0.4) is 0 Å². The van der Waals surface area contributed by atoms with Gasteiger partial charge in [0.1, 0.15) is 17.8 Å². The van der Waals surface area contributed by atoms with Gasteiger partial charge in [0.15, 0.2) is 0 Å². The first-order valence-electron chi connectivity index (χ1n) is 21.0. The van der Waals surface area contributed by atoms with Crippen LogP contribution in [0, 0.1) is 22.7 Å². The SMILES string of the molecule is CC(C)(C)C1CCC(Oc2ccc3cc(C=O)ccc3c2)CC1.CC(C)(C)C1CCC(Oc2ccc3cc(CNCC(F)(F)C(=O)O)ccc3c2)CC1.NCC(F)(F)C(=O)O. The van der Waals surface area contributed by atoms with Gasteiger partial charge < -0.3 is 30.7 Å². The van der Waals surface area contributed by atoms with Crippen LogP contribution < -0.4 is 20.5 Å². The number of hydrogen-bond acceptors (Lipinski definition) is 7. The van der Waals surface area contributed by atoms with Crippen LogP contribution in [-0.4, -0.2) is 65.6 Å². The lowest BCUT2D eigenvalue weighted by Crippen LogP contribution is -2.39. The van der Waals surface area contributed by atoms with E-state index in [-0.39, 0.29) is 12.6 Å². The molecule has 0 saturated heterocycles. The maximum Gasteiger partial charge on any atom is 0.375 e. The summed E-state index contributed by atoms with van der Waals surface area (Å²) in [6.45, 7) is 12.1. The second kappa shape index (κ2) is 20.9. The number of nitrogens with one attached hydrogen (secondary N) is 1. The predicted octanol–water partition coefficient (Wildman–Crippen LogP) is 10.9. The van der Waals surface area contributed by atoms with Crippen LogP contribution in [0.5, 0.6) is 11.5 Å². The van der Waals surface area contributed by atoms with Crippen molar-refractivity contribution in [3.63, 3.8) is 0 Å². The highest BCUT2D eigenvalue weighted by molar-refractivity contribution is 5.89. The molecule has 61 heavy (non-hydrogen) atoms. The number of benzene rings is 4. The minimum atomic E-state index is -3.77. The molecule has 0 atom stereocenters. The van der Waals surface area contributed by atoms with Gasteiger partial charge in [-0.15, -0.1) is 0 Å². The van der Waals surface area contributed by atoms with Gasteiger partial charge in [0, 0.05) is 12.1 Å². The second-order valence-electron chi connectivity index (χ2n) is 18.5. The fourth-order valence-corrected chi connectivity index (χ4v) is 7.85. The Morgan fingerprint density at radius 2 is 1.05 bits per heavy atom. The van der Waals surface area contributed by atoms with Gasteiger partial charge in [-0.05, 0) is 138 Å². The van der Waals surface area contributed by atoms with Gasteiger partial charge in [-0.3, -0.25) is 4.79 Å². The first-order chi connectivity index (χ1) is 28.5. The van der Waals surface area contributed by atoms with Gasteiger partial charge in [0.05, 0.1) is 25.3 Å². The van der Waals surface area contributed by atoms with Crippen molar-refractivity contribution in [3.05, 3.63) is 83.9 Å². The van der Waals surface area contributed by atoms with Crippen molar-refractivity contribution in [2.45, 2.75) is 124 Å². The van der Waals surface area contributed by atoms with Crippen LogP contribution in [0.2, 0.25) is 0 Å². The normalized spacial score (nSPS) is 19.8. The zero-order valence-electron chi connectivity index (χ0n) is 36.1. The maximum absolute atomic E-state index is 13.1. The second-order valence-corrected chi connectivity index (χ2v) is 18.5. The van der Waals surface area contributed by atoms with Crippen LogP contribution in [0.1, 0.15) is 109 Å². The average molecular weight is 855 g/mol. The zero-order chi connectivity index (χ0) is 45.2. The molecule has 13 heteroatoms. The van der Waals surface area contributed by atoms with E-state index >= 15 is 0 Å². The van der Waals surface area contributed by atoms with E-state index in [9.17, 15) is 31.9 Å². The number of carbonyl (C=O) groups excluding carboxylic acids is 1. The first kappa shape index (κ1) is 48.9. The molecule has 4 aromatic carbocycles. The number of carboxylic acid groups (broad SMARTS) is 2. The number of ether oxygens (including phenoxy) is 2. The average Bonchev–Trinajstić information content (AvgIpc) is 3.20. The van der Waals surface area contributed by atoms with E-state index in [2.05, 4.69) is 58.7 Å². The van der Waals surface area contributed by atoms with Crippen LogP contribution in [0.15, 0.2) is 72.8 Å². The topological polar surface area (TPSA) is 148 Å². The van der Waals surface area contributed by atoms with Crippen molar-refractivity contribution in [3.8, 4) is 11.5 Å². The van der Waals surface area contributed by atoms with E-state index in [1.807, 2.05) is 66.7 Å². The Morgan fingerprint density at radius 1 is 0.639 bits per heavy atom. The van der Waals surface area contributed by atoms with Gasteiger partial charge >= 0.3 is 23.8 Å². The van der Waals surface area contributed by atoms with E-state index < -0.39 is 36.9 Å². The van der Waals surface area contributed by atoms with Crippen molar-refractivity contribution in [2.75, 3.05) is 13.1 Å². The van der Waals surface area contributed by atoms with Crippen LogP contribution in [0.4, 0.5) is 17.6 Å². The molecule has 0 radical (unpaired) electrons. The van der Waals surface area contributed by atoms with E-state index in [1.165, 1.54) is 25.7 Å². The Labute approximate surface area is 356 Å². The fraction of sp³-hybridized carbons (Fsp3) is 0.521. The fourth-order valence-electron chi connectivity index (χ4n) is 7.85. The molecule has 6 rings (SSSR count). The van der Waals surface area contributed by atoms with E-state index in [1.54, 1.807) is 0 Å². The predicted molar refractivity (Wildman–Crippen MR) is 231 cm³/mol. The molecule has 0 aromatic heterocycles. The third kappa shape index (κ3) is 14.7. The summed E-state index contributed by atoms with van der Waals surface area (Å²) in [4.78, 5) is 30.7. The molecule has 334 valence electrons. The minimum Gasteiger partial charge on any atom is -0.490 e. The zero-order valence-corrected chi connectivity index (χ0v) is 36.1. The standard InChI is InChI=1S/C24H31F2NO3.C21H26O2.C3H5F2NO2/c1-23(2,3)19-7-10-20(11-8-19)30-21-9-6-17-12-16(4-5-18(17)13-21)14-27-15-24(25,26)22(28)29;1-21(2,3)18-7-10-19(11-8-18)23-20-9-6-16-12-15(14-22)4-5-17(16)13-20;4-3(5,1-6)2(7)8/h4-6,9,12-13,19-20,27H,7-8,10-11,14-15H2,1-3H3,(H,28,29);4-6,9,12-14,18-19H,7-8,10-11H2,1-3H3;1,6H2,(H,7,8). The Kier molecular flexibility index (Phi) is 16.7. The van der Waals surface area contributed by atoms with Crippen molar-refractivity contribution in [1.82, 2.24) is 5.32 Å². The van der Waals surface area contributed by atoms with Crippen molar-refractivity contribution >= 4 is 39.8 Å². The molecule has 0 unspecified atom stereocenters. The van der Waals surface area contributed by atoms with Crippen LogP contribution in [0.25, 0.3) is 21.5 Å². The molecular formula is C48H62F4N2O7. The van der Waals surface area contributed by atoms with Gasteiger partial charge in [-0.2, -0.15) is 17.6 Å². The van der Waals surface area contributed by atoms with Gasteiger partial charge in [0.25, 0.3) is 0 Å². The third-order valence-corrected chi connectivity index (χ3v) is 11.8. The molecule has 4 aromatic rings. The molecule has 0 spiro atoms. The Bertz CT molecular complexity index is 2080. The highest BCUT2D eigenvalue weighted by Crippen LogP contribution is 2.40. The van der Waals surface area contributed by atoms with E-state index in [0.29, 0.717) is 22.5 Å². The number of carbonyl (C=O) groups is 3. The molecular weight excluding hydrogens is 793 g/mol. The van der Waals surface area contributed by atoms with Gasteiger partial charge in [-0.25, -0.2) is 9.59 Å². The smallest absolute Gasteiger partial charge is 0.375 e. The van der Waals surface area contributed by atoms with E-state index in [4.69, 9.17) is 19.7 Å². The van der Waals surface area contributed by atoms with Crippen molar-refractivity contribution in [2.24, 2.45) is 28.4 Å². The summed E-state index contributed by atoms with van der Waals surface area (Å²) < 4.78 is 61.8. The van der Waals surface area contributed by atoms with Crippen molar-refractivity contribution in [1.29, 1.82) is 0 Å². The molecule has 2 fully saturated rings. The lowest BCUT2D eigenvalue weighted by molar-refractivity contribution is -0.164. The Morgan fingerprint density at radius 3 is 1.44 bits per heavy atom. The minimum absolute atomic E-state index is 0.175. The number of aldehydes is 1. The summed E-state index contributed by atoms with van der Waals surface area (Å²) in [6, 6.07) is 23.6. The number of aliphatic carboxylic acids is 2. The summed E-state index contributed by atoms with van der Waals surface area (Å²) in [5, 5.41) is 22.8. The number of carboxylic acids is 2. The summed E-state index contributed by atoms with van der Waals surface area (Å²) in [7, 11) is 0. The molecule has 2 aliphatic rings.